The molecule has 2 rings (SSSR count). The highest BCUT2D eigenvalue weighted by molar-refractivity contribution is 5.83. The van der Waals surface area contributed by atoms with Gasteiger partial charge in [0.05, 0.1) is 26.5 Å². The van der Waals surface area contributed by atoms with Crippen molar-refractivity contribution in [1.82, 2.24) is 5.43 Å². The first kappa shape index (κ1) is 23.1. The van der Waals surface area contributed by atoms with Crippen molar-refractivity contribution in [2.45, 2.75) is 33.1 Å². The summed E-state index contributed by atoms with van der Waals surface area (Å²) in [5, 5.41) is 3.96. The first-order chi connectivity index (χ1) is 14.7. The lowest BCUT2D eigenvalue weighted by atomic mass is 10.2. The van der Waals surface area contributed by atoms with Crippen molar-refractivity contribution < 1.29 is 23.7 Å². The highest BCUT2D eigenvalue weighted by Gasteiger charge is 2.06. The number of ether oxygens (including phenoxy) is 4. The number of carbonyl (C=O) groups excluding carboxylic acids is 1. The molecule has 7 heteroatoms. The van der Waals surface area contributed by atoms with E-state index in [-0.39, 0.29) is 12.5 Å². The number of unbranched alkanes of at least 4 members (excludes halogenated alkanes) is 2. The van der Waals surface area contributed by atoms with Crippen LogP contribution in [0.1, 0.15) is 38.7 Å². The summed E-state index contributed by atoms with van der Waals surface area (Å²) in [6.07, 6.45) is 4.83. The first-order valence-corrected chi connectivity index (χ1v) is 10.1. The summed E-state index contributed by atoms with van der Waals surface area (Å²) in [6.45, 7) is 5.18. The molecule has 30 heavy (non-hydrogen) atoms. The fourth-order valence-corrected chi connectivity index (χ4v) is 2.58. The van der Waals surface area contributed by atoms with Crippen molar-refractivity contribution in [2.24, 2.45) is 5.10 Å². The normalized spacial score (nSPS) is 10.6. The molecule has 2 aromatic rings. The third-order valence-electron chi connectivity index (χ3n) is 4.10. The summed E-state index contributed by atoms with van der Waals surface area (Å²) >= 11 is 0. The van der Waals surface area contributed by atoms with Crippen LogP contribution >= 0.6 is 0 Å². The number of hydrogen-bond acceptors (Lipinski definition) is 6. The van der Waals surface area contributed by atoms with E-state index in [0.29, 0.717) is 30.5 Å². The van der Waals surface area contributed by atoms with Crippen LogP contribution in [0.4, 0.5) is 0 Å². The highest BCUT2D eigenvalue weighted by Crippen LogP contribution is 2.27. The predicted molar refractivity (Wildman–Crippen MR) is 117 cm³/mol. The summed E-state index contributed by atoms with van der Waals surface area (Å²) in [5.74, 6) is 2.30. The Morgan fingerprint density at radius 1 is 0.967 bits per heavy atom. The second kappa shape index (κ2) is 13.1. The average Bonchev–Trinajstić information content (AvgIpc) is 2.77. The van der Waals surface area contributed by atoms with E-state index in [4.69, 9.17) is 18.9 Å². The number of hydrogen-bond donors (Lipinski definition) is 1. The van der Waals surface area contributed by atoms with E-state index < -0.39 is 0 Å². The summed E-state index contributed by atoms with van der Waals surface area (Å²) in [4.78, 5) is 11.9. The van der Waals surface area contributed by atoms with Gasteiger partial charge >= 0.3 is 0 Å². The molecular formula is C23H30N2O5. The fraction of sp³-hybridized carbons (Fsp3) is 0.391. The first-order valence-electron chi connectivity index (χ1n) is 10.1. The second-order valence-electron chi connectivity index (χ2n) is 6.45. The van der Waals surface area contributed by atoms with Gasteiger partial charge in [0.1, 0.15) is 11.5 Å². The zero-order valence-electron chi connectivity index (χ0n) is 17.8. The molecule has 0 aliphatic carbocycles. The van der Waals surface area contributed by atoms with Crippen molar-refractivity contribution in [3.05, 3.63) is 48.0 Å². The lowest BCUT2D eigenvalue weighted by Crippen LogP contribution is -2.24. The van der Waals surface area contributed by atoms with Gasteiger partial charge in [-0.1, -0.05) is 19.8 Å². The minimum atomic E-state index is -0.358. The zero-order chi connectivity index (χ0) is 21.6. The van der Waals surface area contributed by atoms with Gasteiger partial charge in [-0.05, 0) is 61.4 Å². The van der Waals surface area contributed by atoms with E-state index >= 15 is 0 Å². The number of methoxy groups -OCH3 is 1. The lowest BCUT2D eigenvalue weighted by molar-refractivity contribution is -0.123. The van der Waals surface area contributed by atoms with Gasteiger partial charge in [-0.2, -0.15) is 5.10 Å². The van der Waals surface area contributed by atoms with E-state index in [0.717, 1.165) is 30.6 Å². The molecule has 0 saturated carbocycles. The second-order valence-corrected chi connectivity index (χ2v) is 6.45. The predicted octanol–water partition coefficient (Wildman–Crippen LogP) is 4.19. The quantitative estimate of drug-likeness (QED) is 0.302. The molecule has 0 aromatic heterocycles. The van der Waals surface area contributed by atoms with Crippen molar-refractivity contribution in [1.29, 1.82) is 0 Å². The lowest BCUT2D eigenvalue weighted by Gasteiger charge is -2.11. The molecule has 0 fully saturated rings. The maximum Gasteiger partial charge on any atom is 0.277 e. The molecular weight excluding hydrogens is 384 g/mol. The topological polar surface area (TPSA) is 78.4 Å². The molecule has 0 saturated heterocycles. The molecule has 0 spiro atoms. The number of hydrazone groups is 1. The fourth-order valence-electron chi connectivity index (χ4n) is 2.58. The minimum Gasteiger partial charge on any atom is -0.494 e. The van der Waals surface area contributed by atoms with Gasteiger partial charge in [-0.3, -0.25) is 4.79 Å². The molecule has 162 valence electrons. The van der Waals surface area contributed by atoms with E-state index in [1.54, 1.807) is 37.4 Å². The van der Waals surface area contributed by atoms with Crippen molar-refractivity contribution in [2.75, 3.05) is 26.9 Å². The van der Waals surface area contributed by atoms with Crippen molar-refractivity contribution >= 4 is 12.1 Å². The largest absolute Gasteiger partial charge is 0.494 e. The third kappa shape index (κ3) is 8.03. The van der Waals surface area contributed by atoms with Gasteiger partial charge in [0.25, 0.3) is 5.91 Å². The number of nitrogens with zero attached hydrogens (tertiary/aromatic N) is 1. The van der Waals surface area contributed by atoms with Crippen molar-refractivity contribution in [3.8, 4) is 23.0 Å². The number of carbonyl (C=O) groups is 1. The highest BCUT2D eigenvalue weighted by atomic mass is 16.5. The van der Waals surface area contributed by atoms with Crippen LogP contribution in [0.25, 0.3) is 0 Å². The van der Waals surface area contributed by atoms with Gasteiger partial charge in [-0.15, -0.1) is 0 Å². The zero-order valence-corrected chi connectivity index (χ0v) is 17.8. The third-order valence-corrected chi connectivity index (χ3v) is 4.10. The Hall–Kier alpha value is -3.22. The van der Waals surface area contributed by atoms with E-state index in [9.17, 15) is 4.79 Å². The van der Waals surface area contributed by atoms with Crippen LogP contribution in [0.3, 0.4) is 0 Å². The molecule has 1 N–H and O–H groups in total. The monoisotopic (exact) mass is 414 g/mol. The van der Waals surface area contributed by atoms with Crippen LogP contribution in [0.15, 0.2) is 47.6 Å². The maximum atomic E-state index is 11.9. The molecule has 0 aliphatic rings. The summed E-state index contributed by atoms with van der Waals surface area (Å²) in [7, 11) is 1.59. The van der Waals surface area contributed by atoms with Gasteiger partial charge in [0.15, 0.2) is 18.1 Å². The Labute approximate surface area is 178 Å². The number of benzene rings is 2. The maximum absolute atomic E-state index is 11.9. The summed E-state index contributed by atoms with van der Waals surface area (Å²) < 4.78 is 21.9. The molecule has 0 aliphatic heterocycles. The Morgan fingerprint density at radius 2 is 1.70 bits per heavy atom. The van der Waals surface area contributed by atoms with Crippen LogP contribution < -0.4 is 24.4 Å². The molecule has 2 aromatic carbocycles. The number of amides is 1. The Bertz CT molecular complexity index is 806. The van der Waals surface area contributed by atoms with Crippen LogP contribution in [0.5, 0.6) is 23.0 Å². The molecule has 0 atom stereocenters. The van der Waals surface area contributed by atoms with Crippen LogP contribution in [-0.2, 0) is 4.79 Å². The van der Waals surface area contributed by atoms with Gasteiger partial charge in [0.2, 0.25) is 0 Å². The van der Waals surface area contributed by atoms with Gasteiger partial charge in [0, 0.05) is 0 Å². The van der Waals surface area contributed by atoms with Gasteiger partial charge in [-0.25, -0.2) is 5.43 Å². The Balaban J connectivity index is 1.80. The van der Waals surface area contributed by atoms with E-state index in [2.05, 4.69) is 17.5 Å². The van der Waals surface area contributed by atoms with Crippen LogP contribution in [0, 0.1) is 0 Å². The number of rotatable bonds is 13. The molecule has 0 heterocycles. The SMILES string of the molecule is CCCCCOc1ccc(/C=N/NC(=O)COc2ccc(OCC)cc2)cc1OC. The number of nitrogens with one attached hydrogen (secondary N) is 1. The van der Waals surface area contributed by atoms with Gasteiger partial charge < -0.3 is 18.9 Å². The average molecular weight is 415 g/mol. The molecule has 7 nitrogen and oxygen atoms in total. The smallest absolute Gasteiger partial charge is 0.277 e. The molecule has 0 unspecified atom stereocenters. The van der Waals surface area contributed by atoms with E-state index in [1.807, 2.05) is 19.1 Å². The molecule has 1 amide bonds. The minimum absolute atomic E-state index is 0.140. The van der Waals surface area contributed by atoms with Crippen LogP contribution in [0.2, 0.25) is 0 Å². The van der Waals surface area contributed by atoms with E-state index in [1.165, 1.54) is 6.21 Å². The summed E-state index contributed by atoms with van der Waals surface area (Å²) in [6, 6.07) is 12.6. The Kier molecular flexibility index (Phi) is 10.1. The standard InChI is InChI=1S/C23H30N2O5/c1-4-6-7-14-29-21-13-8-18(15-22(21)27-3)16-24-25-23(26)17-30-20-11-9-19(10-12-20)28-5-2/h8-13,15-16H,4-7,14,17H2,1-3H3,(H,25,26)/b24-16+. The van der Waals surface area contributed by atoms with Crippen molar-refractivity contribution in [3.63, 3.8) is 0 Å². The summed E-state index contributed by atoms with van der Waals surface area (Å²) in [5.41, 5.74) is 3.22. The van der Waals surface area contributed by atoms with Crippen LogP contribution in [-0.4, -0.2) is 39.1 Å². The molecule has 0 bridgehead atoms. The Morgan fingerprint density at radius 3 is 2.37 bits per heavy atom. The molecule has 0 radical (unpaired) electrons.